The predicted octanol–water partition coefficient (Wildman–Crippen LogP) is 4.86. The van der Waals surface area contributed by atoms with Crippen LogP contribution in [0.4, 0.5) is 9.52 Å². The fourth-order valence-electron chi connectivity index (χ4n) is 2.15. The van der Waals surface area contributed by atoms with E-state index < -0.39 is 5.82 Å². The van der Waals surface area contributed by atoms with Gasteiger partial charge in [-0.15, -0.1) is 0 Å². The van der Waals surface area contributed by atoms with E-state index in [1.54, 1.807) is 6.07 Å². The van der Waals surface area contributed by atoms with Crippen molar-refractivity contribution in [2.75, 3.05) is 11.4 Å². The molecule has 0 aliphatic heterocycles. The van der Waals surface area contributed by atoms with Gasteiger partial charge in [-0.2, -0.15) is 0 Å². The van der Waals surface area contributed by atoms with Gasteiger partial charge in [-0.1, -0.05) is 39.4 Å². The lowest BCUT2D eigenvalue weighted by Gasteiger charge is -2.18. The first-order valence-corrected chi connectivity index (χ1v) is 8.33. The first-order valence-electron chi connectivity index (χ1n) is 6.72. The molecular weight excluding hydrogens is 367 g/mol. The Morgan fingerprint density at radius 2 is 2.09 bits per heavy atom. The van der Waals surface area contributed by atoms with Crippen molar-refractivity contribution in [1.82, 2.24) is 4.98 Å². The second kappa shape index (κ2) is 6.14. The lowest BCUT2D eigenvalue weighted by atomic mass is 10.2. The maximum Gasteiger partial charge on any atom is 0.263 e. The Balaban J connectivity index is 2.01. The number of nitrogens with zero attached hydrogens (tertiary/aromatic N) is 2. The third kappa shape index (κ3) is 2.76. The molecule has 0 saturated carbocycles. The van der Waals surface area contributed by atoms with Gasteiger partial charge in [-0.25, -0.2) is 9.37 Å². The largest absolute Gasteiger partial charge is 0.284 e. The van der Waals surface area contributed by atoms with Gasteiger partial charge in [0.2, 0.25) is 0 Å². The summed E-state index contributed by atoms with van der Waals surface area (Å²) in [5.41, 5.74) is 0.884. The molecule has 0 unspecified atom stereocenters. The summed E-state index contributed by atoms with van der Waals surface area (Å²) >= 11 is 4.62. The number of rotatable bonds is 3. The minimum absolute atomic E-state index is 0.0457. The summed E-state index contributed by atoms with van der Waals surface area (Å²) < 4.78 is 15.6. The molecule has 22 heavy (non-hydrogen) atoms. The van der Waals surface area contributed by atoms with Crippen LogP contribution in [0.25, 0.3) is 10.2 Å². The number of amides is 1. The molecular formula is C16H12BrFN2OS. The zero-order valence-corrected chi connectivity index (χ0v) is 14.1. The highest BCUT2D eigenvalue weighted by Gasteiger charge is 2.22. The molecule has 0 fully saturated rings. The van der Waals surface area contributed by atoms with Crippen molar-refractivity contribution in [2.45, 2.75) is 6.92 Å². The third-order valence-electron chi connectivity index (χ3n) is 3.24. The van der Waals surface area contributed by atoms with E-state index in [4.69, 9.17) is 0 Å². The van der Waals surface area contributed by atoms with Gasteiger partial charge >= 0.3 is 0 Å². The Bertz CT molecular complexity index is 816. The van der Waals surface area contributed by atoms with Crippen LogP contribution in [0.3, 0.4) is 0 Å². The molecule has 1 heterocycles. The quantitative estimate of drug-likeness (QED) is 0.651. The van der Waals surface area contributed by atoms with E-state index in [-0.39, 0.29) is 11.5 Å². The van der Waals surface area contributed by atoms with Crippen LogP contribution in [-0.2, 0) is 0 Å². The fourth-order valence-corrected chi connectivity index (χ4v) is 3.51. The molecule has 0 radical (unpaired) electrons. The number of halogens is 2. The topological polar surface area (TPSA) is 33.2 Å². The van der Waals surface area contributed by atoms with Crippen molar-refractivity contribution in [1.29, 1.82) is 0 Å². The Hall–Kier alpha value is -1.79. The first-order chi connectivity index (χ1) is 10.6. The highest BCUT2D eigenvalue weighted by Crippen LogP contribution is 2.30. The summed E-state index contributed by atoms with van der Waals surface area (Å²) in [6.45, 7) is 2.27. The third-order valence-corrected chi connectivity index (χ3v) is 4.79. The summed E-state index contributed by atoms with van der Waals surface area (Å²) in [5, 5.41) is 0.580. The van der Waals surface area contributed by atoms with Gasteiger partial charge in [-0.05, 0) is 37.3 Å². The van der Waals surface area contributed by atoms with Crippen molar-refractivity contribution in [2.24, 2.45) is 0 Å². The number of aromatic nitrogens is 1. The van der Waals surface area contributed by atoms with Crippen molar-refractivity contribution < 1.29 is 9.18 Å². The number of hydrogen-bond donors (Lipinski definition) is 0. The Morgan fingerprint density at radius 1 is 1.32 bits per heavy atom. The van der Waals surface area contributed by atoms with Crippen LogP contribution in [0.5, 0.6) is 0 Å². The van der Waals surface area contributed by atoms with E-state index in [9.17, 15) is 9.18 Å². The number of benzene rings is 2. The van der Waals surface area contributed by atoms with Gasteiger partial charge < -0.3 is 0 Å². The van der Waals surface area contributed by atoms with Crippen molar-refractivity contribution in [3.63, 3.8) is 0 Å². The van der Waals surface area contributed by atoms with E-state index in [1.807, 2.05) is 31.2 Å². The number of anilines is 1. The van der Waals surface area contributed by atoms with Crippen LogP contribution in [-0.4, -0.2) is 17.4 Å². The molecule has 3 aromatic rings. The molecule has 0 N–H and O–H groups in total. The smallest absolute Gasteiger partial charge is 0.263 e. The van der Waals surface area contributed by atoms with Crippen LogP contribution in [0.15, 0.2) is 46.9 Å². The lowest BCUT2D eigenvalue weighted by Crippen LogP contribution is -2.31. The standard InChI is InChI=1S/C16H12BrFN2OS/c1-2-20(15(21)11-8-7-10(17)9-12(11)18)16-19-13-5-3-4-6-14(13)22-16/h3-9H,2H2,1H3. The van der Waals surface area contributed by atoms with Gasteiger partial charge in [0.25, 0.3) is 5.91 Å². The molecule has 6 heteroatoms. The van der Waals surface area contributed by atoms with Crippen LogP contribution in [0.2, 0.25) is 0 Å². The van der Waals surface area contributed by atoms with Gasteiger partial charge in [-0.3, -0.25) is 9.69 Å². The molecule has 0 aliphatic rings. The monoisotopic (exact) mass is 378 g/mol. The summed E-state index contributed by atoms with van der Waals surface area (Å²) in [6, 6.07) is 12.1. The SMILES string of the molecule is CCN(C(=O)c1ccc(Br)cc1F)c1nc2ccccc2s1. The normalized spacial score (nSPS) is 10.9. The zero-order valence-electron chi connectivity index (χ0n) is 11.7. The number of carbonyl (C=O) groups is 1. The average molecular weight is 379 g/mol. The fraction of sp³-hybridized carbons (Fsp3) is 0.125. The summed E-state index contributed by atoms with van der Waals surface area (Å²) in [5.74, 6) is -0.925. The van der Waals surface area contributed by atoms with Crippen LogP contribution < -0.4 is 4.90 Å². The molecule has 3 nitrogen and oxygen atoms in total. The lowest BCUT2D eigenvalue weighted by molar-refractivity contribution is 0.0984. The highest BCUT2D eigenvalue weighted by atomic mass is 79.9. The molecule has 0 spiro atoms. The van der Waals surface area contributed by atoms with Crippen molar-refractivity contribution >= 4 is 48.5 Å². The highest BCUT2D eigenvalue weighted by molar-refractivity contribution is 9.10. The van der Waals surface area contributed by atoms with Crippen molar-refractivity contribution in [3.05, 3.63) is 58.3 Å². The minimum Gasteiger partial charge on any atom is -0.284 e. The molecule has 3 rings (SSSR count). The molecule has 112 valence electrons. The van der Waals surface area contributed by atoms with Crippen LogP contribution in [0.1, 0.15) is 17.3 Å². The Labute approximate surface area is 139 Å². The number of hydrogen-bond acceptors (Lipinski definition) is 3. The van der Waals surface area contributed by atoms with Crippen LogP contribution >= 0.6 is 27.3 Å². The number of carbonyl (C=O) groups excluding carboxylic acids is 1. The van der Waals surface area contributed by atoms with E-state index >= 15 is 0 Å². The molecule has 0 aliphatic carbocycles. The average Bonchev–Trinajstić information content (AvgIpc) is 2.91. The predicted molar refractivity (Wildman–Crippen MR) is 91.1 cm³/mol. The van der Waals surface area contributed by atoms with Crippen LogP contribution in [0, 0.1) is 5.82 Å². The number of fused-ring (bicyclic) bond motifs is 1. The van der Waals surface area contributed by atoms with Gasteiger partial charge in [0.1, 0.15) is 5.82 Å². The van der Waals surface area contributed by atoms with Gasteiger partial charge in [0, 0.05) is 11.0 Å². The zero-order chi connectivity index (χ0) is 15.7. The minimum atomic E-state index is -0.543. The van der Waals surface area contributed by atoms with E-state index in [0.29, 0.717) is 16.1 Å². The second-order valence-corrected chi connectivity index (χ2v) is 6.56. The molecule has 0 saturated heterocycles. The van der Waals surface area contributed by atoms with E-state index in [0.717, 1.165) is 10.2 Å². The van der Waals surface area contributed by atoms with Gasteiger partial charge in [0.15, 0.2) is 5.13 Å². The first kappa shape index (κ1) is 15.1. The molecule has 2 aromatic carbocycles. The van der Waals surface area contributed by atoms with Crippen molar-refractivity contribution in [3.8, 4) is 0 Å². The Kier molecular flexibility index (Phi) is 4.22. The van der Waals surface area contributed by atoms with E-state index in [2.05, 4.69) is 20.9 Å². The van der Waals surface area contributed by atoms with Gasteiger partial charge in [0.05, 0.1) is 15.8 Å². The van der Waals surface area contributed by atoms with E-state index in [1.165, 1.54) is 28.4 Å². The number of thiazole rings is 1. The summed E-state index contributed by atoms with van der Waals surface area (Å²) in [7, 11) is 0. The Morgan fingerprint density at radius 3 is 2.77 bits per heavy atom. The summed E-state index contributed by atoms with van der Waals surface area (Å²) in [4.78, 5) is 18.6. The summed E-state index contributed by atoms with van der Waals surface area (Å²) in [6.07, 6.45) is 0. The number of para-hydroxylation sites is 1. The maximum absolute atomic E-state index is 14.0. The molecule has 0 atom stereocenters. The molecule has 0 bridgehead atoms. The second-order valence-electron chi connectivity index (χ2n) is 4.64. The molecule has 1 amide bonds. The molecule has 1 aromatic heterocycles. The maximum atomic E-state index is 14.0.